The predicted octanol–water partition coefficient (Wildman–Crippen LogP) is 0.626. The van der Waals surface area contributed by atoms with E-state index in [1.807, 2.05) is 0 Å². The number of hydrogen-bond acceptors (Lipinski definition) is 3. The summed E-state index contributed by atoms with van der Waals surface area (Å²) >= 11 is 1.41. The van der Waals surface area contributed by atoms with Gasteiger partial charge in [-0.1, -0.05) is 6.92 Å². The highest BCUT2D eigenvalue weighted by Crippen LogP contribution is 2.06. The van der Waals surface area contributed by atoms with E-state index < -0.39 is 10.1 Å². The van der Waals surface area contributed by atoms with Crippen molar-refractivity contribution in [3.8, 4) is 0 Å². The van der Waals surface area contributed by atoms with Crippen LogP contribution < -0.4 is 0 Å². The molecule has 5 heteroatoms. The summed E-state index contributed by atoms with van der Waals surface area (Å²) in [7, 11) is -3.76. The fourth-order valence-electron chi connectivity index (χ4n) is 0.365. The van der Waals surface area contributed by atoms with E-state index in [1.165, 1.54) is 11.8 Å². The Hall–Kier alpha value is 0.260. The second-order valence-electron chi connectivity index (χ2n) is 1.79. The molecule has 0 saturated heterocycles. The highest BCUT2D eigenvalue weighted by atomic mass is 32.2. The molecule has 1 atom stereocenters. The minimum atomic E-state index is -3.76. The summed E-state index contributed by atoms with van der Waals surface area (Å²) in [5.41, 5.74) is 0. The third-order valence-corrected chi connectivity index (χ3v) is 2.95. The average molecular weight is 170 g/mol. The SMILES string of the molecule is CSC(C)CS(=O)(=O)O. The van der Waals surface area contributed by atoms with Gasteiger partial charge in [0.25, 0.3) is 10.1 Å². The smallest absolute Gasteiger partial charge is 0.265 e. The van der Waals surface area contributed by atoms with Gasteiger partial charge in [-0.15, -0.1) is 0 Å². The van der Waals surface area contributed by atoms with E-state index in [4.69, 9.17) is 4.55 Å². The van der Waals surface area contributed by atoms with Gasteiger partial charge < -0.3 is 0 Å². The largest absolute Gasteiger partial charge is 0.286 e. The summed E-state index contributed by atoms with van der Waals surface area (Å²) < 4.78 is 28.6. The molecule has 0 spiro atoms. The first-order valence-electron chi connectivity index (χ1n) is 2.43. The van der Waals surface area contributed by atoms with Gasteiger partial charge in [0.05, 0.1) is 5.75 Å². The first-order chi connectivity index (χ1) is 3.95. The quantitative estimate of drug-likeness (QED) is 0.631. The van der Waals surface area contributed by atoms with Crippen LogP contribution >= 0.6 is 11.8 Å². The van der Waals surface area contributed by atoms with Crippen molar-refractivity contribution < 1.29 is 13.0 Å². The van der Waals surface area contributed by atoms with Crippen LogP contribution in [0.5, 0.6) is 0 Å². The van der Waals surface area contributed by atoms with Crippen molar-refractivity contribution in [2.45, 2.75) is 12.2 Å². The fraction of sp³-hybridized carbons (Fsp3) is 1.00. The molecule has 0 aliphatic heterocycles. The van der Waals surface area contributed by atoms with E-state index in [9.17, 15) is 8.42 Å². The van der Waals surface area contributed by atoms with Gasteiger partial charge in [0, 0.05) is 5.25 Å². The molecular formula is C4H10O3S2. The molecule has 0 aromatic heterocycles. The molecule has 0 fully saturated rings. The van der Waals surface area contributed by atoms with Crippen LogP contribution in [0.1, 0.15) is 6.92 Å². The van der Waals surface area contributed by atoms with Gasteiger partial charge in [-0.25, -0.2) is 0 Å². The minimum absolute atomic E-state index is 0.0278. The van der Waals surface area contributed by atoms with Crippen LogP contribution in [-0.4, -0.2) is 30.2 Å². The average Bonchev–Trinajstić information content (AvgIpc) is 1.62. The highest BCUT2D eigenvalue weighted by Gasteiger charge is 2.09. The second kappa shape index (κ2) is 3.43. The molecule has 3 nitrogen and oxygen atoms in total. The molecule has 0 aliphatic rings. The summed E-state index contributed by atoms with van der Waals surface area (Å²) in [6.07, 6.45) is 1.80. The van der Waals surface area contributed by atoms with E-state index in [0.29, 0.717) is 0 Å². The van der Waals surface area contributed by atoms with Crippen LogP contribution in [0.25, 0.3) is 0 Å². The zero-order valence-corrected chi connectivity index (χ0v) is 7.00. The summed E-state index contributed by atoms with van der Waals surface area (Å²) in [5.74, 6) is -0.159. The predicted molar refractivity (Wildman–Crippen MR) is 39.4 cm³/mol. The molecule has 9 heavy (non-hydrogen) atoms. The highest BCUT2D eigenvalue weighted by molar-refractivity contribution is 8.00. The van der Waals surface area contributed by atoms with Crippen molar-refractivity contribution in [2.24, 2.45) is 0 Å². The zero-order valence-electron chi connectivity index (χ0n) is 5.36. The Bertz CT molecular complexity index is 161. The maximum absolute atomic E-state index is 10.1. The van der Waals surface area contributed by atoms with Crippen molar-refractivity contribution in [3.05, 3.63) is 0 Å². The lowest BCUT2D eigenvalue weighted by Crippen LogP contribution is -2.13. The lowest BCUT2D eigenvalue weighted by atomic mass is 10.6. The Morgan fingerprint density at radius 3 is 2.22 bits per heavy atom. The maximum Gasteiger partial charge on any atom is 0.265 e. The van der Waals surface area contributed by atoms with Gasteiger partial charge in [0.1, 0.15) is 0 Å². The van der Waals surface area contributed by atoms with E-state index in [0.717, 1.165) is 0 Å². The van der Waals surface area contributed by atoms with Crippen molar-refractivity contribution >= 4 is 21.9 Å². The van der Waals surface area contributed by atoms with Crippen LogP contribution in [-0.2, 0) is 10.1 Å². The third-order valence-electron chi connectivity index (χ3n) is 0.848. The molecule has 56 valence electrons. The Morgan fingerprint density at radius 1 is 1.67 bits per heavy atom. The molecule has 0 amide bonds. The molecule has 0 heterocycles. The number of rotatable bonds is 3. The van der Waals surface area contributed by atoms with E-state index >= 15 is 0 Å². The van der Waals surface area contributed by atoms with Gasteiger partial charge in [0.15, 0.2) is 0 Å². The normalized spacial score (nSPS) is 15.4. The summed E-state index contributed by atoms with van der Waals surface area (Å²) in [6.45, 7) is 1.75. The Labute approximate surface area is 59.6 Å². The maximum atomic E-state index is 10.1. The minimum Gasteiger partial charge on any atom is -0.286 e. The molecule has 0 radical (unpaired) electrons. The number of hydrogen-bond donors (Lipinski definition) is 1. The van der Waals surface area contributed by atoms with Gasteiger partial charge in [0.2, 0.25) is 0 Å². The fourth-order valence-corrected chi connectivity index (χ4v) is 2.02. The van der Waals surface area contributed by atoms with Gasteiger partial charge in [-0.2, -0.15) is 20.2 Å². The van der Waals surface area contributed by atoms with E-state index in [-0.39, 0.29) is 11.0 Å². The molecular weight excluding hydrogens is 160 g/mol. The van der Waals surface area contributed by atoms with Gasteiger partial charge in [-0.3, -0.25) is 4.55 Å². The van der Waals surface area contributed by atoms with Crippen LogP contribution in [0.2, 0.25) is 0 Å². The van der Waals surface area contributed by atoms with Crippen molar-refractivity contribution in [2.75, 3.05) is 12.0 Å². The Morgan fingerprint density at radius 2 is 2.11 bits per heavy atom. The van der Waals surface area contributed by atoms with Crippen LogP contribution in [0.3, 0.4) is 0 Å². The van der Waals surface area contributed by atoms with Gasteiger partial charge >= 0.3 is 0 Å². The van der Waals surface area contributed by atoms with Crippen LogP contribution in [0, 0.1) is 0 Å². The summed E-state index contributed by atoms with van der Waals surface area (Å²) in [4.78, 5) is 0. The molecule has 0 aromatic carbocycles. The molecule has 0 rings (SSSR count). The standard InChI is InChI=1S/C4H10O3S2/c1-4(8-2)3-9(5,6)7/h4H,3H2,1-2H3,(H,5,6,7). The monoisotopic (exact) mass is 170 g/mol. The molecule has 0 bridgehead atoms. The van der Waals surface area contributed by atoms with E-state index in [2.05, 4.69) is 0 Å². The molecule has 0 saturated carbocycles. The molecule has 0 aromatic rings. The lowest BCUT2D eigenvalue weighted by Gasteiger charge is -2.02. The molecule has 0 aliphatic carbocycles. The zero-order chi connectivity index (χ0) is 7.49. The van der Waals surface area contributed by atoms with Crippen molar-refractivity contribution in [1.29, 1.82) is 0 Å². The molecule has 1 unspecified atom stereocenters. The summed E-state index contributed by atoms with van der Waals surface area (Å²) in [6, 6.07) is 0. The van der Waals surface area contributed by atoms with Crippen molar-refractivity contribution in [1.82, 2.24) is 0 Å². The second-order valence-corrected chi connectivity index (χ2v) is 4.57. The Balaban J connectivity index is 3.75. The first-order valence-corrected chi connectivity index (χ1v) is 5.33. The van der Waals surface area contributed by atoms with Crippen LogP contribution in [0.15, 0.2) is 0 Å². The summed E-state index contributed by atoms with van der Waals surface area (Å²) in [5, 5.41) is -0.0278. The van der Waals surface area contributed by atoms with Gasteiger partial charge in [-0.05, 0) is 6.26 Å². The first kappa shape index (κ1) is 9.26. The van der Waals surface area contributed by atoms with E-state index in [1.54, 1.807) is 13.2 Å². The third kappa shape index (κ3) is 6.14. The molecule has 1 N–H and O–H groups in total. The Kier molecular flexibility index (Phi) is 3.53. The van der Waals surface area contributed by atoms with Crippen molar-refractivity contribution in [3.63, 3.8) is 0 Å². The lowest BCUT2D eigenvalue weighted by molar-refractivity contribution is 0.483. The topological polar surface area (TPSA) is 54.4 Å². The van der Waals surface area contributed by atoms with Crippen LogP contribution in [0.4, 0.5) is 0 Å². The number of thioether (sulfide) groups is 1.